The molecule has 102 valence electrons. The maximum absolute atomic E-state index is 9.81. The summed E-state index contributed by atoms with van der Waals surface area (Å²) in [7, 11) is 0. The van der Waals surface area contributed by atoms with E-state index in [0.717, 1.165) is 18.1 Å². The largest absolute Gasteiger partial charge is 0.391 e. The fourth-order valence-electron chi connectivity index (χ4n) is 2.77. The van der Waals surface area contributed by atoms with Crippen molar-refractivity contribution in [1.29, 1.82) is 0 Å². The Morgan fingerprint density at radius 3 is 2.56 bits per heavy atom. The predicted molar refractivity (Wildman–Crippen MR) is 71.5 cm³/mol. The highest BCUT2D eigenvalue weighted by Crippen LogP contribution is 2.30. The Morgan fingerprint density at radius 1 is 1.28 bits per heavy atom. The van der Waals surface area contributed by atoms with Crippen LogP contribution in [0.15, 0.2) is 0 Å². The van der Waals surface area contributed by atoms with Gasteiger partial charge in [0.2, 0.25) is 0 Å². The molecule has 0 bridgehead atoms. The van der Waals surface area contributed by atoms with Gasteiger partial charge in [0, 0.05) is 5.92 Å². The molecule has 4 nitrogen and oxygen atoms in total. The topological polar surface area (TPSA) is 50.9 Å². The van der Waals surface area contributed by atoms with Crippen LogP contribution < -0.4 is 0 Å². The number of aryl methyl sites for hydroxylation is 1. The van der Waals surface area contributed by atoms with Crippen molar-refractivity contribution >= 4 is 0 Å². The summed E-state index contributed by atoms with van der Waals surface area (Å²) in [5, 5.41) is 14.3. The van der Waals surface area contributed by atoms with Crippen LogP contribution in [0.2, 0.25) is 0 Å². The molecule has 1 aromatic rings. The van der Waals surface area contributed by atoms with Gasteiger partial charge in [0.25, 0.3) is 0 Å². The third-order valence-electron chi connectivity index (χ3n) is 3.88. The summed E-state index contributed by atoms with van der Waals surface area (Å²) in [6, 6.07) is 0. The van der Waals surface area contributed by atoms with Crippen molar-refractivity contribution in [2.75, 3.05) is 0 Å². The standard InChI is InChI=1S/C14H25N3O/c1-3-13(18)10-17-14(15-11(2)16-17)12-8-6-4-5-7-9-12/h12-13,18H,3-10H2,1-2H3/t13-/m1/s1. The summed E-state index contributed by atoms with van der Waals surface area (Å²) < 4.78 is 1.94. The zero-order valence-corrected chi connectivity index (χ0v) is 11.6. The van der Waals surface area contributed by atoms with Crippen LogP contribution in [-0.2, 0) is 6.54 Å². The molecule has 0 saturated heterocycles. The van der Waals surface area contributed by atoms with Crippen molar-refractivity contribution in [3.05, 3.63) is 11.6 Å². The van der Waals surface area contributed by atoms with E-state index in [-0.39, 0.29) is 6.10 Å². The maximum atomic E-state index is 9.81. The molecule has 1 aliphatic carbocycles. The lowest BCUT2D eigenvalue weighted by Crippen LogP contribution is -2.19. The second-order valence-electron chi connectivity index (χ2n) is 5.45. The molecule has 1 atom stereocenters. The molecule has 1 fully saturated rings. The molecule has 2 rings (SSSR count). The van der Waals surface area contributed by atoms with Gasteiger partial charge in [-0.2, -0.15) is 5.10 Å². The van der Waals surface area contributed by atoms with Gasteiger partial charge in [-0.25, -0.2) is 9.67 Å². The van der Waals surface area contributed by atoms with E-state index >= 15 is 0 Å². The van der Waals surface area contributed by atoms with Gasteiger partial charge in [-0.3, -0.25) is 0 Å². The summed E-state index contributed by atoms with van der Waals surface area (Å²) in [4.78, 5) is 4.60. The molecule has 0 radical (unpaired) electrons. The molecule has 1 saturated carbocycles. The minimum atomic E-state index is -0.310. The number of hydrogen-bond donors (Lipinski definition) is 1. The number of aliphatic hydroxyl groups is 1. The lowest BCUT2D eigenvalue weighted by molar-refractivity contribution is 0.143. The summed E-state index contributed by atoms with van der Waals surface area (Å²) in [5.74, 6) is 2.47. The molecular formula is C14H25N3O. The summed E-state index contributed by atoms with van der Waals surface area (Å²) in [6.07, 6.45) is 8.20. The molecule has 18 heavy (non-hydrogen) atoms. The zero-order chi connectivity index (χ0) is 13.0. The SMILES string of the molecule is CC[C@@H](O)Cn1nc(C)nc1C1CCCCCC1. The van der Waals surface area contributed by atoms with E-state index in [1.807, 2.05) is 18.5 Å². The summed E-state index contributed by atoms with van der Waals surface area (Å²) in [6.45, 7) is 4.53. The van der Waals surface area contributed by atoms with Crippen molar-refractivity contribution in [2.24, 2.45) is 0 Å². The first-order valence-corrected chi connectivity index (χ1v) is 7.30. The minimum absolute atomic E-state index is 0.310. The fraction of sp³-hybridized carbons (Fsp3) is 0.857. The lowest BCUT2D eigenvalue weighted by atomic mass is 9.99. The van der Waals surface area contributed by atoms with Crippen LogP contribution >= 0.6 is 0 Å². The molecule has 0 aromatic carbocycles. The van der Waals surface area contributed by atoms with Gasteiger partial charge < -0.3 is 5.11 Å². The van der Waals surface area contributed by atoms with Gasteiger partial charge in [0.15, 0.2) is 0 Å². The van der Waals surface area contributed by atoms with Crippen molar-refractivity contribution in [1.82, 2.24) is 14.8 Å². The summed E-state index contributed by atoms with van der Waals surface area (Å²) in [5.41, 5.74) is 0. The smallest absolute Gasteiger partial charge is 0.147 e. The number of aromatic nitrogens is 3. The Hall–Kier alpha value is -0.900. The fourth-order valence-corrected chi connectivity index (χ4v) is 2.77. The molecule has 0 amide bonds. The van der Waals surface area contributed by atoms with Crippen LogP contribution in [0.25, 0.3) is 0 Å². The molecule has 1 heterocycles. The number of rotatable bonds is 4. The van der Waals surface area contributed by atoms with Crippen molar-refractivity contribution in [3.8, 4) is 0 Å². The highest BCUT2D eigenvalue weighted by Gasteiger charge is 2.21. The van der Waals surface area contributed by atoms with Crippen molar-refractivity contribution < 1.29 is 5.11 Å². The first-order chi connectivity index (χ1) is 8.70. The highest BCUT2D eigenvalue weighted by atomic mass is 16.3. The van der Waals surface area contributed by atoms with Crippen molar-refractivity contribution in [3.63, 3.8) is 0 Å². The van der Waals surface area contributed by atoms with Crippen LogP contribution in [-0.4, -0.2) is 26.0 Å². The van der Waals surface area contributed by atoms with Gasteiger partial charge in [0.05, 0.1) is 12.6 Å². The normalized spacial score (nSPS) is 19.7. The Morgan fingerprint density at radius 2 is 1.94 bits per heavy atom. The van der Waals surface area contributed by atoms with Crippen LogP contribution in [0.3, 0.4) is 0 Å². The molecule has 4 heteroatoms. The van der Waals surface area contributed by atoms with Gasteiger partial charge in [-0.1, -0.05) is 32.6 Å². The van der Waals surface area contributed by atoms with Crippen LogP contribution in [0.5, 0.6) is 0 Å². The molecular weight excluding hydrogens is 226 g/mol. The quantitative estimate of drug-likeness (QED) is 0.837. The van der Waals surface area contributed by atoms with Gasteiger partial charge >= 0.3 is 0 Å². The average Bonchev–Trinajstić information content (AvgIpc) is 2.58. The first kappa shape index (κ1) is 13.5. The molecule has 1 N–H and O–H groups in total. The van der Waals surface area contributed by atoms with E-state index in [1.54, 1.807) is 0 Å². The number of nitrogens with zero attached hydrogens (tertiary/aromatic N) is 3. The van der Waals surface area contributed by atoms with Crippen LogP contribution in [0.1, 0.15) is 69.4 Å². The third kappa shape index (κ3) is 3.31. The second kappa shape index (κ2) is 6.32. The molecule has 1 aromatic heterocycles. The predicted octanol–water partition coefficient (Wildman–Crippen LogP) is 2.80. The second-order valence-corrected chi connectivity index (χ2v) is 5.45. The lowest BCUT2D eigenvalue weighted by Gasteiger charge is -2.16. The monoisotopic (exact) mass is 251 g/mol. The van der Waals surface area contributed by atoms with Crippen LogP contribution in [0.4, 0.5) is 0 Å². The van der Waals surface area contributed by atoms with E-state index < -0.39 is 0 Å². The van der Waals surface area contributed by atoms with Gasteiger partial charge in [-0.05, 0) is 26.2 Å². The average molecular weight is 251 g/mol. The maximum Gasteiger partial charge on any atom is 0.147 e. The zero-order valence-electron chi connectivity index (χ0n) is 11.6. The molecule has 0 spiro atoms. The van der Waals surface area contributed by atoms with E-state index in [1.165, 1.54) is 38.5 Å². The summed E-state index contributed by atoms with van der Waals surface area (Å²) >= 11 is 0. The van der Waals surface area contributed by atoms with Gasteiger partial charge in [-0.15, -0.1) is 0 Å². The number of aliphatic hydroxyl groups excluding tert-OH is 1. The van der Waals surface area contributed by atoms with E-state index in [4.69, 9.17) is 0 Å². The van der Waals surface area contributed by atoms with Crippen LogP contribution in [0, 0.1) is 6.92 Å². The molecule has 0 aliphatic heterocycles. The van der Waals surface area contributed by atoms with E-state index in [9.17, 15) is 5.11 Å². The molecule has 1 aliphatic rings. The van der Waals surface area contributed by atoms with E-state index in [2.05, 4.69) is 10.1 Å². The third-order valence-corrected chi connectivity index (χ3v) is 3.88. The Kier molecular flexibility index (Phi) is 4.75. The Bertz CT molecular complexity index is 367. The Balaban J connectivity index is 2.14. The van der Waals surface area contributed by atoms with Crippen molar-refractivity contribution in [2.45, 2.75) is 77.4 Å². The highest BCUT2D eigenvalue weighted by molar-refractivity contribution is 5.00. The minimum Gasteiger partial charge on any atom is -0.391 e. The van der Waals surface area contributed by atoms with Gasteiger partial charge in [0.1, 0.15) is 11.6 Å². The first-order valence-electron chi connectivity index (χ1n) is 7.30. The van der Waals surface area contributed by atoms with E-state index in [0.29, 0.717) is 12.5 Å². The molecule has 0 unspecified atom stereocenters. The number of hydrogen-bond acceptors (Lipinski definition) is 3. The Labute approximate surface area is 109 Å².